The molecule has 0 saturated carbocycles. The van der Waals surface area contributed by atoms with Gasteiger partial charge >= 0.3 is 12.0 Å². The maximum atomic E-state index is 10.6. The molecule has 0 saturated heterocycles. The number of benzene rings is 1. The Bertz CT molecular complexity index is 603. The summed E-state index contributed by atoms with van der Waals surface area (Å²) in [5.74, 6) is 0.320. The van der Waals surface area contributed by atoms with Crippen molar-refractivity contribution in [3.63, 3.8) is 0 Å². The van der Waals surface area contributed by atoms with E-state index in [2.05, 4.69) is 0 Å². The average molecular weight is 454 g/mol. The van der Waals surface area contributed by atoms with Crippen molar-refractivity contribution in [2.24, 2.45) is 0 Å². The Balaban J connectivity index is 2.32. The maximum Gasteiger partial charge on any atom is 0.341 e. The molecule has 0 spiro atoms. The second kappa shape index (κ2) is 13.3. The van der Waals surface area contributed by atoms with Crippen LogP contribution in [0.3, 0.4) is 0 Å². The van der Waals surface area contributed by atoms with Crippen LogP contribution >= 0.6 is 33.2 Å². The van der Waals surface area contributed by atoms with Gasteiger partial charge in [-0.3, -0.25) is 0 Å². The van der Waals surface area contributed by atoms with E-state index in [9.17, 15) is 4.79 Å². The van der Waals surface area contributed by atoms with Crippen molar-refractivity contribution in [2.75, 3.05) is 13.2 Å². The lowest BCUT2D eigenvalue weighted by atomic mass is 10.1. The zero-order chi connectivity index (χ0) is 20.1. The molecule has 1 N–H and O–H groups in total. The van der Waals surface area contributed by atoms with Gasteiger partial charge in [-0.1, -0.05) is 38.2 Å². The molecule has 0 unspecified atom stereocenters. The number of ether oxygens (including phenoxy) is 2. The third-order valence-corrected chi connectivity index (χ3v) is 6.42. The molecule has 0 aliphatic rings. The summed E-state index contributed by atoms with van der Waals surface area (Å²) in [6.45, 7) is 3.03. The molecule has 0 heterocycles. The highest BCUT2D eigenvalue weighted by Crippen LogP contribution is 2.30. The lowest BCUT2D eigenvalue weighted by Crippen LogP contribution is -2.07. The minimum atomic E-state index is -2.45. The van der Waals surface area contributed by atoms with Crippen LogP contribution in [0, 0.1) is 0 Å². The first-order chi connectivity index (χ1) is 12.8. The Kier molecular flexibility index (Phi) is 11.9. The molecular weight excluding hydrogens is 427 g/mol. The zero-order valence-electron chi connectivity index (χ0n) is 15.6. The standard InChI is InChI=1S/C19H27Cl3O4Si/c1-2-25-18-15-16(10-12-19(23)24)9-11-17(18)26-13-7-5-3-4-6-8-14-27(20,21)22/h9-12,15H,2-8,13-14H2,1H3,(H,23,24)/b12-10+. The summed E-state index contributed by atoms with van der Waals surface area (Å²) in [6.07, 6.45) is 9.05. The highest BCUT2D eigenvalue weighted by Gasteiger charge is 2.23. The molecule has 1 rings (SSSR count). The van der Waals surface area contributed by atoms with E-state index in [0.29, 0.717) is 24.7 Å². The van der Waals surface area contributed by atoms with Crippen LogP contribution in [0.4, 0.5) is 0 Å². The second-order valence-corrected chi connectivity index (χ2v) is 15.4. The average Bonchev–Trinajstić information content (AvgIpc) is 2.59. The van der Waals surface area contributed by atoms with Crippen LogP contribution in [0.15, 0.2) is 24.3 Å². The van der Waals surface area contributed by atoms with Gasteiger partial charge in [-0.2, -0.15) is 0 Å². The van der Waals surface area contributed by atoms with Crippen LogP contribution in [0.25, 0.3) is 6.08 Å². The summed E-state index contributed by atoms with van der Waals surface area (Å²) in [5, 5.41) is 8.71. The minimum Gasteiger partial charge on any atom is -0.490 e. The van der Waals surface area contributed by atoms with Gasteiger partial charge in [0.2, 0.25) is 0 Å². The molecule has 4 nitrogen and oxygen atoms in total. The van der Waals surface area contributed by atoms with Gasteiger partial charge in [0, 0.05) is 6.08 Å². The van der Waals surface area contributed by atoms with Gasteiger partial charge in [-0.15, -0.1) is 33.2 Å². The van der Waals surface area contributed by atoms with Gasteiger partial charge in [0.25, 0.3) is 0 Å². The number of halogens is 3. The number of aliphatic carboxylic acids is 1. The maximum absolute atomic E-state index is 10.6. The predicted octanol–water partition coefficient (Wildman–Crippen LogP) is 6.56. The Morgan fingerprint density at radius 1 is 1.04 bits per heavy atom. The fourth-order valence-corrected chi connectivity index (χ4v) is 4.35. The van der Waals surface area contributed by atoms with E-state index in [4.69, 9.17) is 47.8 Å². The van der Waals surface area contributed by atoms with Crippen LogP contribution in [0.2, 0.25) is 6.04 Å². The van der Waals surface area contributed by atoms with E-state index in [1.165, 1.54) is 6.08 Å². The highest BCUT2D eigenvalue weighted by atomic mass is 35.8. The monoisotopic (exact) mass is 452 g/mol. The van der Waals surface area contributed by atoms with Crippen molar-refractivity contribution in [1.29, 1.82) is 0 Å². The van der Waals surface area contributed by atoms with Crippen LogP contribution in [-0.2, 0) is 4.79 Å². The number of rotatable bonds is 14. The lowest BCUT2D eigenvalue weighted by Gasteiger charge is -2.12. The lowest BCUT2D eigenvalue weighted by molar-refractivity contribution is -0.131. The first-order valence-corrected chi connectivity index (χ1v) is 14.4. The van der Waals surface area contributed by atoms with Gasteiger partial charge in [0.15, 0.2) is 11.5 Å². The van der Waals surface area contributed by atoms with Gasteiger partial charge in [-0.25, -0.2) is 4.79 Å². The van der Waals surface area contributed by atoms with Crippen molar-refractivity contribution in [3.05, 3.63) is 29.8 Å². The molecule has 0 atom stereocenters. The van der Waals surface area contributed by atoms with Gasteiger partial charge in [0.05, 0.1) is 13.2 Å². The molecule has 0 bridgehead atoms. The number of unbranched alkanes of at least 4 members (excludes halogenated alkanes) is 5. The topological polar surface area (TPSA) is 55.8 Å². The molecule has 0 fully saturated rings. The summed E-state index contributed by atoms with van der Waals surface area (Å²) >= 11 is 17.6. The smallest absolute Gasteiger partial charge is 0.341 e. The fraction of sp³-hybridized carbons (Fsp3) is 0.526. The largest absolute Gasteiger partial charge is 0.490 e. The van der Waals surface area contributed by atoms with E-state index in [1.807, 2.05) is 19.1 Å². The summed E-state index contributed by atoms with van der Waals surface area (Å²) in [5.41, 5.74) is 0.756. The summed E-state index contributed by atoms with van der Waals surface area (Å²) in [4.78, 5) is 10.6. The Morgan fingerprint density at radius 2 is 1.70 bits per heavy atom. The molecule has 1 aromatic carbocycles. The molecule has 0 aliphatic heterocycles. The van der Waals surface area contributed by atoms with E-state index < -0.39 is 12.0 Å². The predicted molar refractivity (Wildman–Crippen MR) is 116 cm³/mol. The first kappa shape index (κ1) is 24.2. The van der Waals surface area contributed by atoms with E-state index in [1.54, 1.807) is 6.07 Å². The molecule has 152 valence electrons. The van der Waals surface area contributed by atoms with E-state index in [-0.39, 0.29) is 0 Å². The Hall–Kier alpha value is -0.883. The number of hydrogen-bond acceptors (Lipinski definition) is 3. The number of carbonyl (C=O) groups is 1. The van der Waals surface area contributed by atoms with E-state index >= 15 is 0 Å². The van der Waals surface area contributed by atoms with Crippen molar-refractivity contribution < 1.29 is 19.4 Å². The van der Waals surface area contributed by atoms with Crippen LogP contribution in [-0.4, -0.2) is 30.3 Å². The normalized spacial score (nSPS) is 11.7. The van der Waals surface area contributed by atoms with E-state index in [0.717, 1.165) is 56.2 Å². The Labute approximate surface area is 176 Å². The van der Waals surface area contributed by atoms with Crippen molar-refractivity contribution in [2.45, 2.75) is 51.5 Å². The summed E-state index contributed by atoms with van der Waals surface area (Å²) in [6, 6.07) is 3.69. The summed E-state index contributed by atoms with van der Waals surface area (Å²) in [7, 11) is 0. The molecule has 0 aliphatic carbocycles. The SMILES string of the molecule is CCOc1cc(/C=C/C(=O)O)ccc1OCCCCCCCC[Si](Cl)(Cl)Cl. The van der Waals surface area contributed by atoms with Crippen molar-refractivity contribution in [1.82, 2.24) is 0 Å². The van der Waals surface area contributed by atoms with Crippen LogP contribution in [0.5, 0.6) is 11.5 Å². The summed E-state index contributed by atoms with van der Waals surface area (Å²) < 4.78 is 11.4. The minimum absolute atomic E-state index is 0.513. The van der Waals surface area contributed by atoms with Gasteiger partial charge in [0.1, 0.15) is 0 Å². The first-order valence-electron chi connectivity index (χ1n) is 9.19. The van der Waals surface area contributed by atoms with Crippen LogP contribution in [0.1, 0.15) is 51.0 Å². The Morgan fingerprint density at radius 3 is 2.33 bits per heavy atom. The van der Waals surface area contributed by atoms with Crippen molar-refractivity contribution in [3.8, 4) is 11.5 Å². The third kappa shape index (κ3) is 12.2. The second-order valence-electron chi connectivity index (χ2n) is 6.15. The molecule has 0 amide bonds. The molecular formula is C19H27Cl3O4Si. The number of hydrogen-bond donors (Lipinski definition) is 1. The molecule has 27 heavy (non-hydrogen) atoms. The number of carboxylic acids is 1. The highest BCUT2D eigenvalue weighted by molar-refractivity contribution is 7.64. The van der Waals surface area contributed by atoms with Crippen molar-refractivity contribution >= 4 is 51.3 Å². The molecule has 1 aromatic rings. The van der Waals surface area contributed by atoms with Gasteiger partial charge in [-0.05, 0) is 43.2 Å². The van der Waals surface area contributed by atoms with Crippen LogP contribution < -0.4 is 9.47 Å². The molecule has 8 heteroatoms. The van der Waals surface area contributed by atoms with Gasteiger partial charge < -0.3 is 14.6 Å². The molecule has 0 aromatic heterocycles. The fourth-order valence-electron chi connectivity index (χ4n) is 2.50. The number of carboxylic acid groups (broad SMARTS) is 1. The third-order valence-electron chi connectivity index (χ3n) is 3.80. The molecule has 0 radical (unpaired) electrons. The quantitative estimate of drug-likeness (QED) is 0.150. The zero-order valence-corrected chi connectivity index (χ0v) is 18.8.